The third-order valence-corrected chi connectivity index (χ3v) is 5.80. The average Bonchev–Trinajstić information content (AvgIpc) is 2.28. The monoisotopic (exact) mass is 351 g/mol. The van der Waals surface area contributed by atoms with Crippen LogP contribution >= 0.6 is 27.7 Å². The van der Waals surface area contributed by atoms with Crippen molar-refractivity contribution in [2.45, 2.75) is 17.9 Å². The second-order valence-electron chi connectivity index (χ2n) is 4.18. The first kappa shape index (κ1) is 16.0. The lowest BCUT2D eigenvalue weighted by Gasteiger charge is -2.12. The van der Waals surface area contributed by atoms with Crippen LogP contribution < -0.4 is 5.32 Å². The highest BCUT2D eigenvalue weighted by molar-refractivity contribution is 9.10. The topological polar surface area (TPSA) is 46.2 Å². The van der Waals surface area contributed by atoms with E-state index in [1.807, 2.05) is 13.1 Å². The van der Waals surface area contributed by atoms with Crippen LogP contribution in [0.25, 0.3) is 0 Å². The lowest BCUT2D eigenvalue weighted by molar-refractivity contribution is 0.603. The predicted molar refractivity (Wildman–Crippen MR) is 82.1 cm³/mol. The number of thioether (sulfide) groups is 1. The molecule has 3 nitrogen and oxygen atoms in total. The third-order valence-electron chi connectivity index (χ3n) is 2.60. The molecule has 1 rings (SSSR count). The van der Waals surface area contributed by atoms with E-state index < -0.39 is 9.84 Å². The normalized spacial score (nSPS) is 13.6. The van der Waals surface area contributed by atoms with Gasteiger partial charge in [-0.15, -0.1) is 11.8 Å². The Labute approximate surface area is 122 Å². The molecule has 0 aliphatic heterocycles. The van der Waals surface area contributed by atoms with Gasteiger partial charge in [-0.3, -0.25) is 0 Å². The van der Waals surface area contributed by atoms with Crippen LogP contribution in [0.4, 0.5) is 0 Å². The minimum atomic E-state index is -2.88. The molecule has 0 radical (unpaired) electrons. The molecule has 0 saturated heterocycles. The van der Waals surface area contributed by atoms with E-state index in [9.17, 15) is 8.42 Å². The first-order chi connectivity index (χ1) is 8.33. The van der Waals surface area contributed by atoms with Gasteiger partial charge in [0.25, 0.3) is 0 Å². The molecule has 6 heteroatoms. The number of hydrogen-bond acceptors (Lipinski definition) is 4. The Balaban J connectivity index is 2.68. The van der Waals surface area contributed by atoms with Gasteiger partial charge in [0, 0.05) is 27.4 Å². The van der Waals surface area contributed by atoms with Crippen molar-refractivity contribution >= 4 is 37.5 Å². The minimum absolute atomic E-state index is 0.207. The summed E-state index contributed by atoms with van der Waals surface area (Å²) < 4.78 is 23.1. The number of sulfone groups is 1. The Morgan fingerprint density at radius 3 is 2.61 bits per heavy atom. The van der Waals surface area contributed by atoms with Crippen molar-refractivity contribution < 1.29 is 8.42 Å². The molecule has 0 aromatic heterocycles. The van der Waals surface area contributed by atoms with E-state index in [0.29, 0.717) is 11.8 Å². The van der Waals surface area contributed by atoms with Crippen molar-refractivity contribution in [3.05, 3.63) is 28.2 Å². The second kappa shape index (κ2) is 6.93. The van der Waals surface area contributed by atoms with Crippen molar-refractivity contribution in [2.24, 2.45) is 0 Å². The first-order valence-electron chi connectivity index (χ1n) is 5.60. The number of hydrogen-bond donors (Lipinski definition) is 1. The molecule has 18 heavy (non-hydrogen) atoms. The first-order valence-corrected chi connectivity index (χ1v) is 9.44. The summed E-state index contributed by atoms with van der Waals surface area (Å²) in [6, 6.07) is 6.47. The summed E-state index contributed by atoms with van der Waals surface area (Å²) >= 11 is 5.08. The molecule has 0 heterocycles. The molecule has 1 atom stereocenters. The van der Waals surface area contributed by atoms with E-state index in [2.05, 4.69) is 40.3 Å². The maximum absolute atomic E-state index is 11.1. The van der Waals surface area contributed by atoms with Crippen LogP contribution in [0.3, 0.4) is 0 Å². The van der Waals surface area contributed by atoms with Crippen LogP contribution in [0.15, 0.2) is 27.6 Å². The van der Waals surface area contributed by atoms with Gasteiger partial charge in [0.2, 0.25) is 0 Å². The summed E-state index contributed by atoms with van der Waals surface area (Å²) in [6.07, 6.45) is 1.26. The lowest BCUT2D eigenvalue weighted by atomic mass is 10.1. The van der Waals surface area contributed by atoms with E-state index in [4.69, 9.17) is 0 Å². The highest BCUT2D eigenvalue weighted by Crippen LogP contribution is 2.30. The lowest BCUT2D eigenvalue weighted by Crippen LogP contribution is -2.12. The van der Waals surface area contributed by atoms with Gasteiger partial charge in [-0.2, -0.15) is 0 Å². The molecule has 1 unspecified atom stereocenters. The van der Waals surface area contributed by atoms with Crippen LogP contribution in [0.1, 0.15) is 18.5 Å². The number of halogens is 1. The molecule has 0 aliphatic carbocycles. The zero-order valence-corrected chi connectivity index (χ0v) is 14.0. The van der Waals surface area contributed by atoms with Crippen LogP contribution in [0.5, 0.6) is 0 Å². The number of nitrogens with one attached hydrogen (secondary N) is 1. The van der Waals surface area contributed by atoms with Crippen molar-refractivity contribution in [3.63, 3.8) is 0 Å². The molecule has 102 valence electrons. The van der Waals surface area contributed by atoms with Crippen molar-refractivity contribution in [1.82, 2.24) is 5.32 Å². The zero-order valence-electron chi connectivity index (χ0n) is 10.7. The molecule has 0 saturated carbocycles. The van der Waals surface area contributed by atoms with E-state index in [1.54, 1.807) is 11.8 Å². The minimum Gasteiger partial charge on any atom is -0.313 e. The van der Waals surface area contributed by atoms with Gasteiger partial charge in [0.05, 0.1) is 5.75 Å². The maximum Gasteiger partial charge on any atom is 0.148 e. The van der Waals surface area contributed by atoms with Crippen LogP contribution in [0, 0.1) is 0 Å². The Kier molecular flexibility index (Phi) is 6.17. The molecule has 0 spiro atoms. The molecule has 0 amide bonds. The summed E-state index contributed by atoms with van der Waals surface area (Å²) in [5.41, 5.74) is 1.21. The fraction of sp³-hybridized carbons (Fsp3) is 0.500. The van der Waals surface area contributed by atoms with Gasteiger partial charge < -0.3 is 5.32 Å². The van der Waals surface area contributed by atoms with Gasteiger partial charge in [-0.25, -0.2) is 8.42 Å². The SMILES string of the molecule is CNC(C)c1ccc(SCCS(C)(=O)=O)c(Br)c1. The molecule has 0 fully saturated rings. The van der Waals surface area contributed by atoms with Gasteiger partial charge in [0.15, 0.2) is 0 Å². The third kappa shape index (κ3) is 5.30. The predicted octanol–water partition coefficient (Wildman–Crippen LogP) is 2.87. The van der Waals surface area contributed by atoms with Crippen molar-refractivity contribution in [2.75, 3.05) is 24.8 Å². The van der Waals surface area contributed by atoms with E-state index >= 15 is 0 Å². The van der Waals surface area contributed by atoms with E-state index in [-0.39, 0.29) is 5.75 Å². The fourth-order valence-corrected chi connectivity index (χ4v) is 4.24. The molecule has 0 aliphatic rings. The summed E-state index contributed by atoms with van der Waals surface area (Å²) in [4.78, 5) is 1.07. The Hall–Kier alpha value is -0.0400. The summed E-state index contributed by atoms with van der Waals surface area (Å²) in [5.74, 6) is 0.789. The highest BCUT2D eigenvalue weighted by atomic mass is 79.9. The zero-order chi connectivity index (χ0) is 13.8. The van der Waals surface area contributed by atoms with Crippen LogP contribution in [0.2, 0.25) is 0 Å². The number of benzene rings is 1. The summed E-state index contributed by atoms with van der Waals surface area (Å²) in [5, 5.41) is 3.18. The molecule has 0 bridgehead atoms. The summed E-state index contributed by atoms with van der Waals surface area (Å²) in [7, 11) is -0.955. The molecule has 1 aromatic rings. The maximum atomic E-state index is 11.1. The van der Waals surface area contributed by atoms with E-state index in [1.165, 1.54) is 11.8 Å². The Morgan fingerprint density at radius 1 is 1.44 bits per heavy atom. The Morgan fingerprint density at radius 2 is 2.11 bits per heavy atom. The smallest absolute Gasteiger partial charge is 0.148 e. The van der Waals surface area contributed by atoms with Gasteiger partial charge in [0.1, 0.15) is 9.84 Å². The number of rotatable bonds is 6. The Bertz CT molecular complexity index is 503. The largest absolute Gasteiger partial charge is 0.313 e. The molecule has 1 N–H and O–H groups in total. The fourth-order valence-electron chi connectivity index (χ4n) is 1.37. The van der Waals surface area contributed by atoms with Crippen molar-refractivity contribution in [1.29, 1.82) is 0 Å². The van der Waals surface area contributed by atoms with Gasteiger partial charge in [-0.1, -0.05) is 6.07 Å². The second-order valence-corrected chi connectivity index (χ2v) is 8.43. The molecular formula is C12H18BrNO2S2. The highest BCUT2D eigenvalue weighted by Gasteiger charge is 2.08. The van der Waals surface area contributed by atoms with Gasteiger partial charge in [-0.05, 0) is 47.6 Å². The average molecular weight is 352 g/mol. The molecular weight excluding hydrogens is 334 g/mol. The van der Waals surface area contributed by atoms with Crippen LogP contribution in [-0.4, -0.2) is 33.2 Å². The molecule has 1 aromatic carbocycles. The quantitative estimate of drug-likeness (QED) is 0.800. The standard InChI is InChI=1S/C12H18BrNO2S2/c1-9(14-2)10-4-5-12(11(13)8-10)17-6-7-18(3,15)16/h4-5,8-9,14H,6-7H2,1-3H3. The van der Waals surface area contributed by atoms with Gasteiger partial charge >= 0.3 is 0 Å². The van der Waals surface area contributed by atoms with Crippen molar-refractivity contribution in [3.8, 4) is 0 Å². The summed E-state index contributed by atoms with van der Waals surface area (Å²) in [6.45, 7) is 2.10. The van der Waals surface area contributed by atoms with Crippen LogP contribution in [-0.2, 0) is 9.84 Å². The van der Waals surface area contributed by atoms with E-state index in [0.717, 1.165) is 9.37 Å².